The Kier molecular flexibility index (Phi) is 2.95. The highest BCUT2D eigenvalue weighted by Crippen LogP contribution is 2.32. The van der Waals surface area contributed by atoms with E-state index in [1.165, 1.54) is 6.08 Å². The summed E-state index contributed by atoms with van der Waals surface area (Å²) < 4.78 is 0. The van der Waals surface area contributed by atoms with E-state index in [1.54, 1.807) is 25.1 Å². The molecular formula is C11H8N2O2. The number of nitriles is 2. The van der Waals surface area contributed by atoms with Gasteiger partial charge in [0.15, 0.2) is 0 Å². The van der Waals surface area contributed by atoms with Crippen LogP contribution >= 0.6 is 0 Å². The SMILES string of the molecule is CC=Cc1c(C#N)c(O)cc(O)c1C#N. The molecule has 74 valence electrons. The zero-order valence-corrected chi connectivity index (χ0v) is 8.02. The summed E-state index contributed by atoms with van der Waals surface area (Å²) in [5.41, 5.74) is 0.213. The molecule has 0 atom stereocenters. The number of benzene rings is 1. The molecule has 0 saturated heterocycles. The lowest BCUT2D eigenvalue weighted by Crippen LogP contribution is -1.90. The number of aromatic hydroxyl groups is 2. The molecule has 0 unspecified atom stereocenters. The summed E-state index contributed by atoms with van der Waals surface area (Å²) in [6.45, 7) is 1.71. The van der Waals surface area contributed by atoms with Crippen LogP contribution in [0.2, 0.25) is 0 Å². The van der Waals surface area contributed by atoms with Crippen LogP contribution in [0.1, 0.15) is 23.6 Å². The fourth-order valence-corrected chi connectivity index (χ4v) is 1.24. The molecule has 0 heterocycles. The molecule has 0 spiro atoms. The smallest absolute Gasteiger partial charge is 0.137 e. The molecule has 4 heteroatoms. The van der Waals surface area contributed by atoms with Crippen LogP contribution in [0.25, 0.3) is 6.08 Å². The lowest BCUT2D eigenvalue weighted by molar-refractivity contribution is 0.448. The van der Waals surface area contributed by atoms with Gasteiger partial charge in [-0.05, 0) is 6.92 Å². The topological polar surface area (TPSA) is 88.0 Å². The van der Waals surface area contributed by atoms with Gasteiger partial charge in [0.1, 0.15) is 34.8 Å². The van der Waals surface area contributed by atoms with E-state index in [1.807, 2.05) is 0 Å². The van der Waals surface area contributed by atoms with Crippen molar-refractivity contribution in [1.82, 2.24) is 0 Å². The molecule has 0 bridgehead atoms. The van der Waals surface area contributed by atoms with Gasteiger partial charge in [-0.3, -0.25) is 0 Å². The number of allylic oxidation sites excluding steroid dienone is 1. The molecule has 0 aliphatic carbocycles. The van der Waals surface area contributed by atoms with Crippen molar-refractivity contribution in [2.24, 2.45) is 0 Å². The minimum atomic E-state index is -0.331. The molecule has 0 radical (unpaired) electrons. The first-order valence-electron chi connectivity index (χ1n) is 4.17. The summed E-state index contributed by atoms with van der Waals surface area (Å²) in [5, 5.41) is 36.4. The number of hydrogen-bond donors (Lipinski definition) is 2. The Labute approximate surface area is 86.9 Å². The van der Waals surface area contributed by atoms with E-state index in [0.717, 1.165) is 6.07 Å². The van der Waals surface area contributed by atoms with Gasteiger partial charge in [-0.1, -0.05) is 12.2 Å². The van der Waals surface area contributed by atoms with E-state index in [9.17, 15) is 10.2 Å². The van der Waals surface area contributed by atoms with Crippen molar-refractivity contribution in [3.8, 4) is 23.6 Å². The van der Waals surface area contributed by atoms with Gasteiger partial charge in [0.25, 0.3) is 0 Å². The third-order valence-corrected chi connectivity index (χ3v) is 1.88. The second-order valence-electron chi connectivity index (χ2n) is 2.80. The van der Waals surface area contributed by atoms with E-state index in [2.05, 4.69) is 0 Å². The molecule has 15 heavy (non-hydrogen) atoms. The molecule has 0 aromatic heterocycles. The molecule has 0 saturated carbocycles. The molecule has 0 aliphatic heterocycles. The first-order chi connectivity index (χ1) is 7.15. The van der Waals surface area contributed by atoms with Gasteiger partial charge in [-0.25, -0.2) is 0 Å². The molecule has 0 amide bonds. The maximum absolute atomic E-state index is 9.39. The lowest BCUT2D eigenvalue weighted by Gasteiger charge is -2.05. The summed E-state index contributed by atoms with van der Waals surface area (Å²) in [7, 11) is 0. The molecule has 0 aliphatic rings. The molecule has 1 aromatic carbocycles. The summed E-state index contributed by atoms with van der Waals surface area (Å²) in [6, 6.07) is 4.56. The Morgan fingerprint density at radius 3 is 1.93 bits per heavy atom. The second kappa shape index (κ2) is 4.17. The van der Waals surface area contributed by atoms with Crippen molar-refractivity contribution in [3.63, 3.8) is 0 Å². The number of hydrogen-bond acceptors (Lipinski definition) is 4. The fourth-order valence-electron chi connectivity index (χ4n) is 1.24. The number of phenolic OH excluding ortho intramolecular Hbond substituents is 2. The Morgan fingerprint density at radius 1 is 1.13 bits per heavy atom. The Bertz CT molecular complexity index is 467. The van der Waals surface area contributed by atoms with Crippen molar-refractivity contribution in [2.75, 3.05) is 0 Å². The van der Waals surface area contributed by atoms with Crippen molar-refractivity contribution < 1.29 is 10.2 Å². The molecule has 2 N–H and O–H groups in total. The van der Waals surface area contributed by atoms with Crippen LogP contribution in [0.5, 0.6) is 11.5 Å². The molecule has 1 rings (SSSR count). The Hall–Kier alpha value is -2.46. The van der Waals surface area contributed by atoms with Crippen LogP contribution < -0.4 is 0 Å². The summed E-state index contributed by atoms with van der Waals surface area (Å²) in [5.74, 6) is -0.663. The summed E-state index contributed by atoms with van der Waals surface area (Å²) in [4.78, 5) is 0. The van der Waals surface area contributed by atoms with E-state index in [4.69, 9.17) is 10.5 Å². The predicted octanol–water partition coefficient (Wildman–Crippen LogP) is 1.87. The highest BCUT2D eigenvalue weighted by molar-refractivity contribution is 5.72. The van der Waals surface area contributed by atoms with Gasteiger partial charge in [-0.2, -0.15) is 10.5 Å². The average molecular weight is 200 g/mol. The van der Waals surface area contributed by atoms with Gasteiger partial charge < -0.3 is 10.2 Å². The Balaban J connectivity index is 3.70. The largest absolute Gasteiger partial charge is 0.506 e. The van der Waals surface area contributed by atoms with E-state index >= 15 is 0 Å². The van der Waals surface area contributed by atoms with Gasteiger partial charge in [0, 0.05) is 11.6 Å². The second-order valence-corrected chi connectivity index (χ2v) is 2.80. The van der Waals surface area contributed by atoms with Crippen LogP contribution in [0.4, 0.5) is 0 Å². The van der Waals surface area contributed by atoms with Crippen LogP contribution in [0, 0.1) is 22.7 Å². The number of phenols is 2. The van der Waals surface area contributed by atoms with E-state index in [-0.39, 0.29) is 28.2 Å². The van der Waals surface area contributed by atoms with Crippen LogP contribution in [-0.4, -0.2) is 10.2 Å². The monoisotopic (exact) mass is 200 g/mol. The zero-order valence-electron chi connectivity index (χ0n) is 8.02. The average Bonchev–Trinajstić information content (AvgIpc) is 2.18. The predicted molar refractivity (Wildman–Crippen MR) is 53.9 cm³/mol. The summed E-state index contributed by atoms with van der Waals surface area (Å²) in [6.07, 6.45) is 3.12. The quantitative estimate of drug-likeness (QED) is 0.724. The number of rotatable bonds is 1. The van der Waals surface area contributed by atoms with Crippen molar-refractivity contribution >= 4 is 6.08 Å². The van der Waals surface area contributed by atoms with Crippen LogP contribution in [0.3, 0.4) is 0 Å². The summed E-state index contributed by atoms with van der Waals surface area (Å²) >= 11 is 0. The van der Waals surface area contributed by atoms with Gasteiger partial charge in [0.2, 0.25) is 0 Å². The third kappa shape index (κ3) is 1.74. The van der Waals surface area contributed by atoms with Crippen LogP contribution in [-0.2, 0) is 0 Å². The molecule has 0 fully saturated rings. The lowest BCUT2D eigenvalue weighted by atomic mass is 10.00. The molecule has 4 nitrogen and oxygen atoms in total. The molecular weight excluding hydrogens is 192 g/mol. The first-order valence-corrected chi connectivity index (χ1v) is 4.17. The van der Waals surface area contributed by atoms with Gasteiger partial charge >= 0.3 is 0 Å². The highest BCUT2D eigenvalue weighted by Gasteiger charge is 2.15. The molecule has 1 aromatic rings. The first kappa shape index (κ1) is 10.6. The Morgan fingerprint density at radius 2 is 1.60 bits per heavy atom. The zero-order chi connectivity index (χ0) is 11.4. The van der Waals surface area contributed by atoms with Crippen molar-refractivity contribution in [1.29, 1.82) is 10.5 Å². The van der Waals surface area contributed by atoms with E-state index < -0.39 is 0 Å². The van der Waals surface area contributed by atoms with Crippen molar-refractivity contribution in [2.45, 2.75) is 6.92 Å². The van der Waals surface area contributed by atoms with Gasteiger partial charge in [0.05, 0.1) is 0 Å². The standard InChI is InChI=1S/C11H8N2O2/c1-2-3-7-8(5-12)10(14)4-11(15)9(7)6-13/h2-4,14-15H,1H3. The highest BCUT2D eigenvalue weighted by atomic mass is 16.3. The maximum Gasteiger partial charge on any atom is 0.137 e. The maximum atomic E-state index is 9.39. The minimum absolute atomic E-state index is 0.0116. The number of nitrogens with zero attached hydrogens (tertiary/aromatic N) is 2. The van der Waals surface area contributed by atoms with E-state index in [0.29, 0.717) is 0 Å². The third-order valence-electron chi connectivity index (χ3n) is 1.88. The fraction of sp³-hybridized carbons (Fsp3) is 0.0909. The van der Waals surface area contributed by atoms with Gasteiger partial charge in [-0.15, -0.1) is 0 Å². The normalized spacial score (nSPS) is 9.80. The van der Waals surface area contributed by atoms with Crippen LogP contribution in [0.15, 0.2) is 12.1 Å². The van der Waals surface area contributed by atoms with Crippen molar-refractivity contribution in [3.05, 3.63) is 28.8 Å². The minimum Gasteiger partial charge on any atom is -0.506 e.